The number of carbonyl (C=O) groups excluding carboxylic acids is 2. The fraction of sp³-hybridized carbons (Fsp3) is 0.263. The molecule has 0 unspecified atom stereocenters. The number of anilines is 1. The van der Waals surface area contributed by atoms with Crippen molar-refractivity contribution in [3.05, 3.63) is 47.1 Å². The number of amides is 1. The number of carbonyl (C=O) groups is 2. The normalized spacial score (nSPS) is 10.7. The van der Waals surface area contributed by atoms with E-state index in [1.807, 2.05) is 43.5 Å². The molecule has 8 heteroatoms. The van der Waals surface area contributed by atoms with Gasteiger partial charge in [-0.25, -0.2) is 9.97 Å². The van der Waals surface area contributed by atoms with Crippen molar-refractivity contribution in [3.8, 4) is 0 Å². The molecule has 0 fully saturated rings. The number of esters is 1. The molecule has 6 nitrogen and oxygen atoms in total. The summed E-state index contributed by atoms with van der Waals surface area (Å²) in [5.74, 6) is -0.725. The van der Waals surface area contributed by atoms with Gasteiger partial charge in [-0.3, -0.25) is 9.59 Å². The Hall–Kier alpha value is -2.45. The van der Waals surface area contributed by atoms with Crippen LogP contribution in [0.15, 0.2) is 41.0 Å². The maximum absolute atomic E-state index is 12.1. The largest absolute Gasteiger partial charge is 0.455 e. The number of fused-ring (bicyclic) bond motifs is 1. The van der Waals surface area contributed by atoms with Crippen molar-refractivity contribution in [2.75, 3.05) is 17.7 Å². The second-order valence-corrected chi connectivity index (χ2v) is 7.64. The highest BCUT2D eigenvalue weighted by molar-refractivity contribution is 8.00. The van der Waals surface area contributed by atoms with Gasteiger partial charge in [0, 0.05) is 11.1 Å². The van der Waals surface area contributed by atoms with Crippen LogP contribution < -0.4 is 5.32 Å². The Morgan fingerprint density at radius 3 is 2.93 bits per heavy atom. The van der Waals surface area contributed by atoms with Gasteiger partial charge < -0.3 is 10.1 Å². The predicted molar refractivity (Wildman–Crippen MR) is 108 cm³/mol. The quantitative estimate of drug-likeness (QED) is 0.368. The molecule has 0 radical (unpaired) electrons. The number of aryl methyl sites for hydroxylation is 2. The van der Waals surface area contributed by atoms with Gasteiger partial charge in [-0.2, -0.15) is 0 Å². The molecule has 0 aliphatic rings. The van der Waals surface area contributed by atoms with Crippen molar-refractivity contribution in [2.45, 2.75) is 25.3 Å². The van der Waals surface area contributed by atoms with Crippen LogP contribution in [0.4, 0.5) is 5.69 Å². The molecule has 2 aromatic heterocycles. The minimum atomic E-state index is -0.461. The monoisotopic (exact) mass is 401 g/mol. The number of rotatable bonds is 7. The summed E-state index contributed by atoms with van der Waals surface area (Å²) in [6, 6.07) is 7.79. The molecule has 0 atom stereocenters. The molecule has 0 spiro atoms. The summed E-state index contributed by atoms with van der Waals surface area (Å²) < 4.78 is 5.09. The summed E-state index contributed by atoms with van der Waals surface area (Å²) in [7, 11) is 0. The minimum Gasteiger partial charge on any atom is -0.455 e. The number of hydrogen-bond donors (Lipinski definition) is 1. The maximum atomic E-state index is 12.1. The van der Waals surface area contributed by atoms with Crippen LogP contribution in [0.3, 0.4) is 0 Å². The van der Waals surface area contributed by atoms with Gasteiger partial charge in [-0.05, 0) is 35.9 Å². The highest BCUT2D eigenvalue weighted by Crippen LogP contribution is 2.27. The minimum absolute atomic E-state index is 0.0831. The Morgan fingerprint density at radius 2 is 2.11 bits per heavy atom. The Labute approximate surface area is 165 Å². The van der Waals surface area contributed by atoms with Crippen LogP contribution in [0.2, 0.25) is 0 Å². The van der Waals surface area contributed by atoms with Crippen molar-refractivity contribution in [1.29, 1.82) is 0 Å². The summed E-state index contributed by atoms with van der Waals surface area (Å²) in [6.45, 7) is 3.65. The molecule has 2 heterocycles. The van der Waals surface area contributed by atoms with Crippen LogP contribution in [0.25, 0.3) is 10.2 Å². The lowest BCUT2D eigenvalue weighted by molar-refractivity contribution is -0.144. The third-order valence-corrected chi connectivity index (χ3v) is 5.72. The summed E-state index contributed by atoms with van der Waals surface area (Å²) in [6.07, 6.45) is 2.29. The number of thiophene rings is 1. The molecule has 1 N–H and O–H groups in total. The van der Waals surface area contributed by atoms with E-state index in [9.17, 15) is 9.59 Å². The third-order valence-electron chi connectivity index (χ3n) is 3.92. The average molecular weight is 402 g/mol. The summed E-state index contributed by atoms with van der Waals surface area (Å²) >= 11 is 2.80. The van der Waals surface area contributed by atoms with E-state index >= 15 is 0 Å². The van der Waals surface area contributed by atoms with E-state index in [-0.39, 0.29) is 18.3 Å². The molecule has 140 valence electrons. The summed E-state index contributed by atoms with van der Waals surface area (Å²) in [5, 5.41) is 6.42. The molecule has 3 aromatic rings. The Kier molecular flexibility index (Phi) is 6.41. The summed E-state index contributed by atoms with van der Waals surface area (Å²) in [4.78, 5) is 33.4. The zero-order valence-corrected chi connectivity index (χ0v) is 16.7. The van der Waals surface area contributed by atoms with Crippen LogP contribution in [0, 0.1) is 6.92 Å². The number of ether oxygens (including phenoxy) is 1. The van der Waals surface area contributed by atoms with Gasteiger partial charge >= 0.3 is 5.97 Å². The molecule has 1 aromatic carbocycles. The zero-order valence-electron chi connectivity index (χ0n) is 15.0. The van der Waals surface area contributed by atoms with Crippen molar-refractivity contribution >= 4 is 50.9 Å². The fourth-order valence-corrected chi connectivity index (χ4v) is 4.15. The number of thioether (sulfide) groups is 1. The molecule has 0 aliphatic carbocycles. The maximum Gasteiger partial charge on any atom is 0.316 e. The topological polar surface area (TPSA) is 81.2 Å². The highest BCUT2D eigenvalue weighted by Gasteiger charge is 2.13. The standard InChI is InChI=1S/C19H19N3O3S2/c1-3-13-6-4-5-12(2)17(13)22-15(23)9-25-16(24)10-27-19-14-7-8-26-18(14)20-11-21-19/h4-8,11H,3,9-10H2,1-2H3,(H,22,23). The first-order valence-electron chi connectivity index (χ1n) is 8.43. The smallest absolute Gasteiger partial charge is 0.316 e. The van der Waals surface area contributed by atoms with E-state index in [0.717, 1.165) is 38.5 Å². The molecule has 0 aliphatic heterocycles. The molecular formula is C19H19N3O3S2. The van der Waals surface area contributed by atoms with E-state index < -0.39 is 5.97 Å². The van der Waals surface area contributed by atoms with E-state index in [1.165, 1.54) is 29.4 Å². The number of nitrogens with zero attached hydrogens (tertiary/aromatic N) is 2. The predicted octanol–water partition coefficient (Wildman–Crippen LogP) is 3.84. The van der Waals surface area contributed by atoms with Gasteiger partial charge in [0.15, 0.2) is 6.61 Å². The molecule has 27 heavy (non-hydrogen) atoms. The average Bonchev–Trinajstić information content (AvgIpc) is 3.15. The number of nitrogens with one attached hydrogen (secondary N) is 1. The molecule has 0 saturated carbocycles. The second kappa shape index (κ2) is 8.96. The van der Waals surface area contributed by atoms with Crippen molar-refractivity contribution in [1.82, 2.24) is 9.97 Å². The lowest BCUT2D eigenvalue weighted by atomic mass is 10.1. The van der Waals surface area contributed by atoms with Crippen molar-refractivity contribution < 1.29 is 14.3 Å². The van der Waals surface area contributed by atoms with Crippen LogP contribution in [-0.2, 0) is 20.7 Å². The third kappa shape index (κ3) is 4.84. The lowest BCUT2D eigenvalue weighted by Gasteiger charge is -2.13. The van der Waals surface area contributed by atoms with Crippen LogP contribution >= 0.6 is 23.1 Å². The summed E-state index contributed by atoms with van der Waals surface area (Å²) in [5.41, 5.74) is 2.82. The Morgan fingerprint density at radius 1 is 1.26 bits per heavy atom. The zero-order chi connectivity index (χ0) is 19.2. The van der Waals surface area contributed by atoms with E-state index in [4.69, 9.17) is 4.74 Å². The van der Waals surface area contributed by atoms with Gasteiger partial charge in [-0.1, -0.05) is 36.9 Å². The molecular weight excluding hydrogens is 382 g/mol. The molecule has 0 bridgehead atoms. The molecule has 1 amide bonds. The van der Waals surface area contributed by atoms with Crippen LogP contribution in [-0.4, -0.2) is 34.2 Å². The Balaban J connectivity index is 1.51. The Bertz CT molecular complexity index is 972. The molecule has 3 rings (SSSR count). The van der Waals surface area contributed by atoms with Gasteiger partial charge in [0.1, 0.15) is 16.2 Å². The SMILES string of the molecule is CCc1cccc(C)c1NC(=O)COC(=O)CSc1ncnc2sccc12. The van der Waals surface area contributed by atoms with E-state index in [1.54, 1.807) is 0 Å². The highest BCUT2D eigenvalue weighted by atomic mass is 32.2. The van der Waals surface area contributed by atoms with Gasteiger partial charge in [0.25, 0.3) is 5.91 Å². The number of aromatic nitrogens is 2. The van der Waals surface area contributed by atoms with Gasteiger partial charge in [0.2, 0.25) is 0 Å². The van der Waals surface area contributed by atoms with E-state index in [2.05, 4.69) is 15.3 Å². The van der Waals surface area contributed by atoms with Crippen molar-refractivity contribution in [3.63, 3.8) is 0 Å². The first-order valence-corrected chi connectivity index (χ1v) is 10.3. The fourth-order valence-electron chi connectivity index (χ4n) is 2.57. The van der Waals surface area contributed by atoms with Gasteiger partial charge in [-0.15, -0.1) is 11.3 Å². The lowest BCUT2D eigenvalue weighted by Crippen LogP contribution is -2.22. The van der Waals surface area contributed by atoms with Crippen LogP contribution in [0.1, 0.15) is 18.1 Å². The second-order valence-electron chi connectivity index (χ2n) is 5.78. The first kappa shape index (κ1) is 19.3. The van der Waals surface area contributed by atoms with E-state index in [0.29, 0.717) is 0 Å². The number of para-hydroxylation sites is 1. The number of benzene rings is 1. The first-order chi connectivity index (χ1) is 13.1. The van der Waals surface area contributed by atoms with Crippen LogP contribution in [0.5, 0.6) is 0 Å². The molecule has 0 saturated heterocycles. The van der Waals surface area contributed by atoms with Gasteiger partial charge in [0.05, 0.1) is 5.75 Å². The number of hydrogen-bond acceptors (Lipinski definition) is 7. The van der Waals surface area contributed by atoms with Crippen molar-refractivity contribution in [2.24, 2.45) is 0 Å².